The van der Waals surface area contributed by atoms with Crippen LogP contribution in [0.4, 0.5) is 0 Å². The Kier molecular flexibility index (Phi) is 2.79. The highest BCUT2D eigenvalue weighted by molar-refractivity contribution is 7.91. The second-order valence-corrected chi connectivity index (χ2v) is 7.40. The first-order valence-electron chi connectivity index (χ1n) is 4.90. The summed E-state index contributed by atoms with van der Waals surface area (Å²) in [5.74, 6) is -1.24. The van der Waals surface area contributed by atoms with Gasteiger partial charge in [0.25, 0.3) is 0 Å². The van der Waals surface area contributed by atoms with Crippen LogP contribution < -0.4 is 0 Å². The minimum atomic E-state index is -3.18. The number of thiophene rings is 1. The molecule has 0 amide bonds. The molecule has 0 saturated carbocycles. The third-order valence-electron chi connectivity index (χ3n) is 2.93. The number of aliphatic carboxylic acids is 1. The zero-order valence-electron chi connectivity index (χ0n) is 8.55. The number of hydrogen-bond donors (Lipinski definition) is 1. The van der Waals surface area contributed by atoms with Crippen molar-refractivity contribution in [1.82, 2.24) is 0 Å². The van der Waals surface area contributed by atoms with Gasteiger partial charge in [-0.2, -0.15) is 0 Å². The van der Waals surface area contributed by atoms with Crippen LogP contribution in [0.5, 0.6) is 0 Å². The van der Waals surface area contributed by atoms with E-state index in [4.69, 9.17) is 0 Å². The van der Waals surface area contributed by atoms with Gasteiger partial charge in [0, 0.05) is 4.88 Å². The number of carboxylic acids is 1. The van der Waals surface area contributed by atoms with E-state index in [2.05, 4.69) is 0 Å². The first kappa shape index (κ1) is 11.6. The van der Waals surface area contributed by atoms with Crippen LogP contribution in [0, 0.1) is 5.41 Å². The highest BCUT2D eigenvalue weighted by Gasteiger charge is 2.48. The number of sulfone groups is 1. The molecule has 1 saturated heterocycles. The molecule has 4 nitrogen and oxygen atoms in total. The summed E-state index contributed by atoms with van der Waals surface area (Å²) < 4.78 is 22.8. The average Bonchev–Trinajstić information content (AvgIpc) is 2.75. The van der Waals surface area contributed by atoms with E-state index in [1.165, 1.54) is 11.3 Å². The summed E-state index contributed by atoms with van der Waals surface area (Å²) in [7, 11) is -3.18. The second kappa shape index (κ2) is 3.85. The lowest BCUT2D eigenvalue weighted by molar-refractivity contribution is -0.147. The molecule has 16 heavy (non-hydrogen) atoms. The molecule has 0 radical (unpaired) electrons. The van der Waals surface area contributed by atoms with Gasteiger partial charge in [-0.3, -0.25) is 4.79 Å². The molecule has 2 rings (SSSR count). The molecule has 1 aliphatic rings. The van der Waals surface area contributed by atoms with Gasteiger partial charge in [-0.15, -0.1) is 11.3 Å². The molecule has 1 aromatic heterocycles. The Labute approximate surface area is 97.8 Å². The Morgan fingerprint density at radius 2 is 2.31 bits per heavy atom. The summed E-state index contributed by atoms with van der Waals surface area (Å²) >= 11 is 1.47. The average molecular weight is 260 g/mol. The molecule has 0 bridgehead atoms. The predicted octanol–water partition coefficient (Wildman–Crippen LogP) is 1.18. The van der Waals surface area contributed by atoms with Crippen molar-refractivity contribution in [3.05, 3.63) is 22.4 Å². The second-order valence-electron chi connectivity index (χ2n) is 4.18. The Morgan fingerprint density at radius 3 is 2.75 bits per heavy atom. The van der Waals surface area contributed by atoms with E-state index in [-0.39, 0.29) is 17.9 Å². The van der Waals surface area contributed by atoms with Crippen molar-refractivity contribution in [2.75, 3.05) is 11.5 Å². The largest absolute Gasteiger partial charge is 0.481 e. The fourth-order valence-electron chi connectivity index (χ4n) is 2.05. The predicted molar refractivity (Wildman–Crippen MR) is 61.4 cm³/mol. The van der Waals surface area contributed by atoms with Crippen molar-refractivity contribution in [2.45, 2.75) is 12.8 Å². The van der Waals surface area contributed by atoms with E-state index >= 15 is 0 Å². The molecule has 1 aromatic rings. The van der Waals surface area contributed by atoms with Gasteiger partial charge in [0.05, 0.1) is 16.9 Å². The zero-order valence-corrected chi connectivity index (χ0v) is 10.2. The minimum Gasteiger partial charge on any atom is -0.481 e. The van der Waals surface area contributed by atoms with E-state index < -0.39 is 21.2 Å². The highest BCUT2D eigenvalue weighted by atomic mass is 32.2. The molecule has 2 heterocycles. The van der Waals surface area contributed by atoms with Crippen LogP contribution in [0.25, 0.3) is 0 Å². The summed E-state index contributed by atoms with van der Waals surface area (Å²) in [6, 6.07) is 3.69. The molecule has 88 valence electrons. The smallest absolute Gasteiger partial charge is 0.311 e. The molecule has 0 aliphatic carbocycles. The Bertz CT molecular complexity index is 489. The lowest BCUT2D eigenvalue weighted by Crippen LogP contribution is -2.34. The molecule has 1 N–H and O–H groups in total. The number of carboxylic acid groups (broad SMARTS) is 1. The van der Waals surface area contributed by atoms with E-state index in [1.807, 2.05) is 17.5 Å². The SMILES string of the molecule is O=C(O)C1(Cc2cccs2)CCS(=O)(=O)C1. The van der Waals surface area contributed by atoms with Crippen molar-refractivity contribution in [3.8, 4) is 0 Å². The van der Waals surface area contributed by atoms with Gasteiger partial charge in [-0.25, -0.2) is 8.42 Å². The Hall–Kier alpha value is -0.880. The van der Waals surface area contributed by atoms with Crippen LogP contribution >= 0.6 is 11.3 Å². The highest BCUT2D eigenvalue weighted by Crippen LogP contribution is 2.37. The minimum absolute atomic E-state index is 0.00925. The zero-order chi connectivity index (χ0) is 11.8. The monoisotopic (exact) mass is 260 g/mol. The van der Waals surface area contributed by atoms with E-state index in [0.29, 0.717) is 6.42 Å². The summed E-state index contributed by atoms with van der Waals surface area (Å²) in [6.45, 7) is 0. The molecule has 1 fully saturated rings. The van der Waals surface area contributed by atoms with Crippen molar-refractivity contribution in [2.24, 2.45) is 5.41 Å². The standard InChI is InChI=1S/C10H12O4S2/c11-9(12)10(3-5-16(13,14)7-10)6-8-2-1-4-15-8/h1-2,4H,3,5-7H2,(H,11,12). The number of carbonyl (C=O) groups is 1. The Balaban J connectivity index is 2.28. The lowest BCUT2D eigenvalue weighted by atomic mass is 9.83. The van der Waals surface area contributed by atoms with Gasteiger partial charge in [0.1, 0.15) is 0 Å². The third kappa shape index (κ3) is 2.12. The topological polar surface area (TPSA) is 71.4 Å². The fourth-order valence-corrected chi connectivity index (χ4v) is 4.95. The summed E-state index contributed by atoms with van der Waals surface area (Å²) in [4.78, 5) is 12.2. The van der Waals surface area contributed by atoms with Gasteiger partial charge >= 0.3 is 5.97 Å². The first-order valence-corrected chi connectivity index (χ1v) is 7.60. The molecule has 6 heteroatoms. The van der Waals surface area contributed by atoms with Crippen molar-refractivity contribution < 1.29 is 18.3 Å². The normalized spacial score (nSPS) is 28.0. The van der Waals surface area contributed by atoms with Gasteiger partial charge in [-0.1, -0.05) is 6.07 Å². The van der Waals surface area contributed by atoms with Gasteiger partial charge in [-0.05, 0) is 24.3 Å². The lowest BCUT2D eigenvalue weighted by Gasteiger charge is -2.21. The van der Waals surface area contributed by atoms with Gasteiger partial charge < -0.3 is 5.11 Å². The van der Waals surface area contributed by atoms with Crippen molar-refractivity contribution in [3.63, 3.8) is 0 Å². The fraction of sp³-hybridized carbons (Fsp3) is 0.500. The third-order valence-corrected chi connectivity index (χ3v) is 5.63. The summed E-state index contributed by atoms with van der Waals surface area (Å²) in [6.07, 6.45) is 0.543. The summed E-state index contributed by atoms with van der Waals surface area (Å²) in [5.41, 5.74) is -1.11. The first-order chi connectivity index (χ1) is 7.44. The number of rotatable bonds is 3. The van der Waals surface area contributed by atoms with Crippen molar-refractivity contribution in [1.29, 1.82) is 0 Å². The molecule has 1 aliphatic heterocycles. The van der Waals surface area contributed by atoms with Gasteiger partial charge in [0.2, 0.25) is 0 Å². The van der Waals surface area contributed by atoms with E-state index in [0.717, 1.165) is 4.88 Å². The van der Waals surface area contributed by atoms with Crippen LogP contribution in [0.2, 0.25) is 0 Å². The molecular weight excluding hydrogens is 248 g/mol. The number of hydrogen-bond acceptors (Lipinski definition) is 4. The maximum atomic E-state index is 11.4. The Morgan fingerprint density at radius 1 is 1.56 bits per heavy atom. The van der Waals surface area contributed by atoms with Crippen molar-refractivity contribution >= 4 is 27.1 Å². The maximum Gasteiger partial charge on any atom is 0.311 e. The van der Waals surface area contributed by atoms with E-state index in [9.17, 15) is 18.3 Å². The maximum absolute atomic E-state index is 11.4. The molecule has 1 unspecified atom stereocenters. The van der Waals surface area contributed by atoms with Crippen LogP contribution in [0.3, 0.4) is 0 Å². The molecule has 1 atom stereocenters. The molecular formula is C10H12O4S2. The quantitative estimate of drug-likeness (QED) is 0.886. The molecule has 0 spiro atoms. The summed E-state index contributed by atoms with van der Waals surface area (Å²) in [5, 5.41) is 11.1. The van der Waals surface area contributed by atoms with Crippen LogP contribution in [0.1, 0.15) is 11.3 Å². The van der Waals surface area contributed by atoms with Crippen LogP contribution in [-0.2, 0) is 21.1 Å². The van der Waals surface area contributed by atoms with E-state index in [1.54, 1.807) is 0 Å². The van der Waals surface area contributed by atoms with Crippen LogP contribution in [-0.4, -0.2) is 31.0 Å². The molecule has 0 aromatic carbocycles. The van der Waals surface area contributed by atoms with Crippen LogP contribution in [0.15, 0.2) is 17.5 Å². The van der Waals surface area contributed by atoms with Gasteiger partial charge in [0.15, 0.2) is 9.84 Å².